The molecule has 10 aromatic rings. The van der Waals surface area contributed by atoms with Crippen LogP contribution in [0.3, 0.4) is 0 Å². The van der Waals surface area contributed by atoms with E-state index in [1.165, 1.54) is 41.7 Å². The zero-order valence-corrected chi connectivity index (χ0v) is 26.2. The fraction of sp³-hybridized carbons (Fsp3) is 0. The van der Waals surface area contributed by atoms with Crippen LogP contribution in [0.2, 0.25) is 0 Å². The van der Waals surface area contributed by atoms with E-state index in [9.17, 15) is 0 Å². The van der Waals surface area contributed by atoms with Crippen LogP contribution < -0.4 is 4.90 Å². The molecular formula is C44H27NOS. The number of hydrogen-bond acceptors (Lipinski definition) is 3. The quantitative estimate of drug-likeness (QED) is 0.183. The zero-order valence-electron chi connectivity index (χ0n) is 25.4. The summed E-state index contributed by atoms with van der Waals surface area (Å²) in [6.07, 6.45) is 0. The Bertz CT molecular complexity index is 2810. The Labute approximate surface area is 275 Å². The normalized spacial score (nSPS) is 11.8. The summed E-state index contributed by atoms with van der Waals surface area (Å²) in [5, 5.41) is 9.77. The van der Waals surface area contributed by atoms with Crippen molar-refractivity contribution in [3.05, 3.63) is 164 Å². The third kappa shape index (κ3) is 4.10. The van der Waals surface area contributed by atoms with Gasteiger partial charge in [-0.05, 0) is 75.6 Å². The summed E-state index contributed by atoms with van der Waals surface area (Å²) in [6, 6.07) is 59.0. The molecular weight excluding hydrogens is 591 g/mol. The van der Waals surface area contributed by atoms with E-state index in [1.54, 1.807) is 0 Å². The Balaban J connectivity index is 1.30. The van der Waals surface area contributed by atoms with Crippen molar-refractivity contribution in [3.8, 4) is 11.1 Å². The van der Waals surface area contributed by atoms with E-state index in [1.807, 2.05) is 17.4 Å². The first-order valence-corrected chi connectivity index (χ1v) is 16.7. The molecule has 0 saturated carbocycles. The second kappa shape index (κ2) is 10.3. The number of anilines is 3. The summed E-state index contributed by atoms with van der Waals surface area (Å²) in [4.78, 5) is 2.42. The van der Waals surface area contributed by atoms with E-state index < -0.39 is 0 Å². The Morgan fingerprint density at radius 3 is 2.00 bits per heavy atom. The number of rotatable bonds is 4. The van der Waals surface area contributed by atoms with Gasteiger partial charge in [-0.1, -0.05) is 115 Å². The first-order chi connectivity index (χ1) is 23.3. The molecule has 0 aliphatic rings. The highest BCUT2D eigenvalue weighted by molar-refractivity contribution is 7.25. The molecule has 47 heavy (non-hydrogen) atoms. The number of fused-ring (bicyclic) bond motifs is 9. The molecule has 3 heteroatoms. The lowest BCUT2D eigenvalue weighted by Gasteiger charge is -2.27. The smallest absolute Gasteiger partial charge is 0.145 e. The third-order valence-corrected chi connectivity index (χ3v) is 10.6. The van der Waals surface area contributed by atoms with Gasteiger partial charge in [0.1, 0.15) is 11.2 Å². The second-order valence-corrected chi connectivity index (χ2v) is 13.2. The molecule has 0 fully saturated rings. The fourth-order valence-corrected chi connectivity index (χ4v) is 8.39. The highest BCUT2D eigenvalue weighted by Gasteiger charge is 2.23. The summed E-state index contributed by atoms with van der Waals surface area (Å²) < 4.78 is 9.29. The molecule has 0 unspecified atom stereocenters. The topological polar surface area (TPSA) is 16.4 Å². The van der Waals surface area contributed by atoms with Gasteiger partial charge in [0.2, 0.25) is 0 Å². The van der Waals surface area contributed by atoms with Gasteiger partial charge in [0.25, 0.3) is 0 Å². The molecule has 10 rings (SSSR count). The maximum Gasteiger partial charge on any atom is 0.145 e. The lowest BCUT2D eigenvalue weighted by atomic mass is 9.98. The minimum Gasteiger partial charge on any atom is -0.455 e. The van der Waals surface area contributed by atoms with Crippen LogP contribution in [-0.2, 0) is 0 Å². The Kier molecular flexibility index (Phi) is 5.78. The molecule has 0 radical (unpaired) electrons. The molecule has 0 aliphatic carbocycles. The molecule has 2 aromatic heterocycles. The lowest BCUT2D eigenvalue weighted by Crippen LogP contribution is -2.10. The van der Waals surface area contributed by atoms with Gasteiger partial charge in [-0.15, -0.1) is 11.3 Å². The van der Waals surface area contributed by atoms with Crippen molar-refractivity contribution >= 4 is 92.1 Å². The largest absolute Gasteiger partial charge is 0.455 e. The average molecular weight is 618 g/mol. The third-order valence-electron chi connectivity index (χ3n) is 9.44. The molecule has 0 N–H and O–H groups in total. The molecule has 2 nitrogen and oxygen atoms in total. The van der Waals surface area contributed by atoms with Crippen molar-refractivity contribution in [1.29, 1.82) is 0 Å². The number of hydrogen-bond donors (Lipinski definition) is 0. The highest BCUT2D eigenvalue weighted by Crippen LogP contribution is 2.48. The summed E-state index contributed by atoms with van der Waals surface area (Å²) >= 11 is 1.85. The van der Waals surface area contributed by atoms with Gasteiger partial charge < -0.3 is 9.32 Å². The van der Waals surface area contributed by atoms with Crippen LogP contribution in [0.15, 0.2) is 168 Å². The Morgan fingerprint density at radius 1 is 0.447 bits per heavy atom. The average Bonchev–Trinajstić information content (AvgIpc) is 3.71. The number of para-hydroxylation sites is 1. The Morgan fingerprint density at radius 2 is 1.11 bits per heavy atom. The van der Waals surface area contributed by atoms with Crippen molar-refractivity contribution < 1.29 is 4.42 Å². The van der Waals surface area contributed by atoms with E-state index in [-0.39, 0.29) is 0 Å². The van der Waals surface area contributed by atoms with Crippen LogP contribution in [0.25, 0.3) is 74.8 Å². The van der Waals surface area contributed by atoms with Crippen molar-refractivity contribution in [3.63, 3.8) is 0 Å². The molecule has 8 aromatic carbocycles. The Hall–Kier alpha value is -5.90. The van der Waals surface area contributed by atoms with E-state index in [4.69, 9.17) is 4.42 Å². The van der Waals surface area contributed by atoms with Crippen LogP contribution in [0, 0.1) is 0 Å². The van der Waals surface area contributed by atoms with Gasteiger partial charge in [-0.25, -0.2) is 0 Å². The standard InChI is InChI=1S/C44H27NOS/c1-2-10-28(11-3-1)34-24-25-39(43-37-15-6-8-16-40(37)46-44(34)43)45(32-22-23-36-35-14-7-9-17-41(35)47-42(36)27-32)31-21-20-30-19-18-29-12-4-5-13-33(29)38(30)26-31/h1-27H. The fourth-order valence-electron chi connectivity index (χ4n) is 7.25. The minimum absolute atomic E-state index is 0.886. The number of thiophene rings is 1. The first kappa shape index (κ1) is 26.3. The predicted molar refractivity (Wildman–Crippen MR) is 202 cm³/mol. The molecule has 0 spiro atoms. The van der Waals surface area contributed by atoms with Crippen molar-refractivity contribution in [2.24, 2.45) is 0 Å². The van der Waals surface area contributed by atoms with Crippen LogP contribution in [0.5, 0.6) is 0 Å². The maximum atomic E-state index is 6.71. The number of benzene rings is 8. The van der Waals surface area contributed by atoms with Crippen molar-refractivity contribution in [1.82, 2.24) is 0 Å². The highest BCUT2D eigenvalue weighted by atomic mass is 32.1. The monoisotopic (exact) mass is 617 g/mol. The second-order valence-electron chi connectivity index (χ2n) is 12.1. The predicted octanol–water partition coefficient (Wildman–Crippen LogP) is 13.4. The summed E-state index contributed by atoms with van der Waals surface area (Å²) in [5.74, 6) is 0. The van der Waals surface area contributed by atoms with Gasteiger partial charge in [-0.2, -0.15) is 0 Å². The molecule has 220 valence electrons. The summed E-state index contributed by atoms with van der Waals surface area (Å²) in [7, 11) is 0. The number of nitrogens with zero attached hydrogens (tertiary/aromatic N) is 1. The van der Waals surface area contributed by atoms with Gasteiger partial charge in [0, 0.05) is 42.5 Å². The van der Waals surface area contributed by atoms with E-state index in [0.717, 1.165) is 50.1 Å². The molecule has 0 bridgehead atoms. The summed E-state index contributed by atoms with van der Waals surface area (Å²) in [6.45, 7) is 0. The molecule has 0 saturated heterocycles. The summed E-state index contributed by atoms with van der Waals surface area (Å²) in [5.41, 5.74) is 7.31. The van der Waals surface area contributed by atoms with Crippen molar-refractivity contribution in [2.75, 3.05) is 4.90 Å². The van der Waals surface area contributed by atoms with E-state index in [2.05, 4.69) is 163 Å². The minimum atomic E-state index is 0.886. The van der Waals surface area contributed by atoms with Crippen LogP contribution >= 0.6 is 11.3 Å². The molecule has 0 amide bonds. The van der Waals surface area contributed by atoms with Crippen LogP contribution in [0.4, 0.5) is 17.1 Å². The molecule has 0 atom stereocenters. The van der Waals surface area contributed by atoms with Crippen molar-refractivity contribution in [2.45, 2.75) is 0 Å². The first-order valence-electron chi connectivity index (χ1n) is 15.9. The SMILES string of the molecule is c1ccc(-c2ccc(N(c3ccc4c(c3)sc3ccccc34)c3ccc4ccc5ccccc5c4c3)c3c2oc2ccccc23)cc1. The van der Waals surface area contributed by atoms with Gasteiger partial charge >= 0.3 is 0 Å². The van der Waals surface area contributed by atoms with E-state index >= 15 is 0 Å². The van der Waals surface area contributed by atoms with Gasteiger partial charge in [0.15, 0.2) is 0 Å². The van der Waals surface area contributed by atoms with E-state index in [0.29, 0.717) is 0 Å². The van der Waals surface area contributed by atoms with Gasteiger partial charge in [0.05, 0.1) is 11.1 Å². The van der Waals surface area contributed by atoms with Crippen LogP contribution in [0.1, 0.15) is 0 Å². The van der Waals surface area contributed by atoms with Gasteiger partial charge in [-0.3, -0.25) is 0 Å². The maximum absolute atomic E-state index is 6.71. The van der Waals surface area contributed by atoms with Crippen LogP contribution in [-0.4, -0.2) is 0 Å². The molecule has 0 aliphatic heterocycles. The zero-order chi connectivity index (χ0) is 30.9. The lowest BCUT2D eigenvalue weighted by molar-refractivity contribution is 0.670. The molecule has 2 heterocycles. The number of furan rings is 1.